The summed E-state index contributed by atoms with van der Waals surface area (Å²) in [5, 5.41) is 13.0. The highest BCUT2D eigenvalue weighted by Gasteiger charge is 2.23. The lowest BCUT2D eigenvalue weighted by atomic mass is 10.2. The maximum atomic E-state index is 12.6. The van der Waals surface area contributed by atoms with Crippen LogP contribution in [-0.2, 0) is 0 Å². The minimum atomic E-state index is -0.000218. The molecule has 1 aromatic carbocycles. The van der Waals surface area contributed by atoms with Crippen molar-refractivity contribution >= 4 is 23.3 Å². The molecule has 0 bridgehead atoms. The van der Waals surface area contributed by atoms with Gasteiger partial charge in [0.05, 0.1) is 0 Å². The number of rotatable bonds is 3. The van der Waals surface area contributed by atoms with E-state index in [9.17, 15) is 4.79 Å². The van der Waals surface area contributed by atoms with Crippen molar-refractivity contribution in [3.8, 4) is 5.82 Å². The van der Waals surface area contributed by atoms with E-state index in [4.69, 9.17) is 11.6 Å². The SMILES string of the molecule is O=C(c1cccc(Cl)c1)N1CCN(c2ccc(-n3cncn3)nn2)CC1. The number of amides is 1. The average Bonchev–Trinajstić information content (AvgIpc) is 3.23. The second kappa shape index (κ2) is 7.09. The van der Waals surface area contributed by atoms with Crippen LogP contribution in [0.25, 0.3) is 5.82 Å². The van der Waals surface area contributed by atoms with Crippen LogP contribution in [0.3, 0.4) is 0 Å². The number of aromatic nitrogens is 5. The zero-order valence-electron chi connectivity index (χ0n) is 13.9. The fourth-order valence-corrected chi connectivity index (χ4v) is 3.07. The van der Waals surface area contributed by atoms with Gasteiger partial charge in [0.2, 0.25) is 0 Å². The molecule has 1 amide bonds. The molecule has 132 valence electrons. The normalized spacial score (nSPS) is 14.5. The predicted octanol–water partition coefficient (Wildman–Crippen LogP) is 1.67. The van der Waals surface area contributed by atoms with Crippen LogP contribution in [0.5, 0.6) is 0 Å². The molecular formula is C17H16ClN7O. The summed E-state index contributed by atoms with van der Waals surface area (Å²) in [6.45, 7) is 2.64. The van der Waals surface area contributed by atoms with Crippen LogP contribution < -0.4 is 4.90 Å². The first-order valence-electron chi connectivity index (χ1n) is 8.19. The Kier molecular flexibility index (Phi) is 4.49. The van der Waals surface area contributed by atoms with E-state index in [-0.39, 0.29) is 5.91 Å². The third-order valence-electron chi connectivity index (χ3n) is 4.25. The van der Waals surface area contributed by atoms with Gasteiger partial charge in [0.25, 0.3) is 5.91 Å². The summed E-state index contributed by atoms with van der Waals surface area (Å²) in [7, 11) is 0. The lowest BCUT2D eigenvalue weighted by molar-refractivity contribution is 0.0746. The third-order valence-corrected chi connectivity index (χ3v) is 4.49. The summed E-state index contributed by atoms with van der Waals surface area (Å²) in [6, 6.07) is 10.8. The number of carbonyl (C=O) groups excluding carboxylic acids is 1. The highest BCUT2D eigenvalue weighted by atomic mass is 35.5. The average molecular weight is 370 g/mol. The minimum absolute atomic E-state index is 0.000218. The molecule has 1 saturated heterocycles. The van der Waals surface area contributed by atoms with E-state index in [1.165, 1.54) is 6.33 Å². The van der Waals surface area contributed by atoms with Crippen LogP contribution in [0.4, 0.5) is 5.82 Å². The van der Waals surface area contributed by atoms with E-state index in [0.717, 1.165) is 5.82 Å². The molecule has 8 nitrogen and oxygen atoms in total. The van der Waals surface area contributed by atoms with Gasteiger partial charge in [-0.05, 0) is 30.3 Å². The quantitative estimate of drug-likeness (QED) is 0.698. The Hall–Kier alpha value is -3.00. The van der Waals surface area contributed by atoms with Gasteiger partial charge in [-0.3, -0.25) is 4.79 Å². The third kappa shape index (κ3) is 3.36. The number of halogens is 1. The van der Waals surface area contributed by atoms with Crippen LogP contribution in [0, 0.1) is 0 Å². The van der Waals surface area contributed by atoms with Crippen LogP contribution in [-0.4, -0.2) is 61.9 Å². The van der Waals surface area contributed by atoms with Gasteiger partial charge >= 0.3 is 0 Å². The van der Waals surface area contributed by atoms with E-state index in [1.54, 1.807) is 35.3 Å². The zero-order chi connectivity index (χ0) is 17.9. The Morgan fingerprint density at radius 1 is 1.00 bits per heavy atom. The number of piperazine rings is 1. The summed E-state index contributed by atoms with van der Waals surface area (Å²) in [4.78, 5) is 20.4. The largest absolute Gasteiger partial charge is 0.352 e. The van der Waals surface area contributed by atoms with Crippen LogP contribution in [0.1, 0.15) is 10.4 Å². The van der Waals surface area contributed by atoms with Gasteiger partial charge in [-0.2, -0.15) is 5.10 Å². The predicted molar refractivity (Wildman–Crippen MR) is 96.5 cm³/mol. The first kappa shape index (κ1) is 16.5. The molecule has 1 aliphatic heterocycles. The lowest BCUT2D eigenvalue weighted by Crippen LogP contribution is -2.49. The molecule has 9 heteroatoms. The van der Waals surface area contributed by atoms with Crippen LogP contribution in [0.2, 0.25) is 5.02 Å². The molecule has 0 unspecified atom stereocenters. The molecule has 0 saturated carbocycles. The molecular weight excluding hydrogens is 354 g/mol. The highest BCUT2D eigenvalue weighted by Crippen LogP contribution is 2.17. The fourth-order valence-electron chi connectivity index (χ4n) is 2.88. The van der Waals surface area contributed by atoms with Gasteiger partial charge in [-0.15, -0.1) is 10.2 Å². The number of benzene rings is 1. The summed E-state index contributed by atoms with van der Waals surface area (Å²) >= 11 is 5.98. The van der Waals surface area contributed by atoms with Gasteiger partial charge in [-0.1, -0.05) is 17.7 Å². The first-order chi connectivity index (χ1) is 12.7. The maximum absolute atomic E-state index is 12.6. The number of carbonyl (C=O) groups is 1. The van der Waals surface area contributed by atoms with E-state index < -0.39 is 0 Å². The highest BCUT2D eigenvalue weighted by molar-refractivity contribution is 6.30. The second-order valence-corrected chi connectivity index (χ2v) is 6.32. The van der Waals surface area contributed by atoms with Gasteiger partial charge in [-0.25, -0.2) is 9.67 Å². The van der Waals surface area contributed by atoms with Gasteiger partial charge in [0.15, 0.2) is 11.6 Å². The Bertz CT molecular complexity index is 890. The molecule has 0 atom stereocenters. The van der Waals surface area contributed by atoms with Crippen molar-refractivity contribution in [2.24, 2.45) is 0 Å². The first-order valence-corrected chi connectivity index (χ1v) is 8.57. The van der Waals surface area contributed by atoms with Gasteiger partial charge < -0.3 is 9.80 Å². The molecule has 26 heavy (non-hydrogen) atoms. The second-order valence-electron chi connectivity index (χ2n) is 5.88. The van der Waals surface area contributed by atoms with Crippen molar-refractivity contribution in [2.45, 2.75) is 0 Å². The standard InChI is InChI=1S/C17H16ClN7O/c18-14-3-1-2-13(10-14)17(26)24-8-6-23(7-9-24)15-4-5-16(22-21-15)25-12-19-11-20-25/h1-5,10-12H,6-9H2. The summed E-state index contributed by atoms with van der Waals surface area (Å²) in [5.74, 6) is 1.39. The number of hydrogen-bond donors (Lipinski definition) is 0. The Morgan fingerprint density at radius 3 is 2.42 bits per heavy atom. The van der Waals surface area contributed by atoms with E-state index in [1.807, 2.05) is 17.0 Å². The Morgan fingerprint density at radius 2 is 1.77 bits per heavy atom. The Labute approximate surface area is 155 Å². The summed E-state index contributed by atoms with van der Waals surface area (Å²) in [5.41, 5.74) is 0.614. The van der Waals surface area contributed by atoms with Gasteiger partial charge in [0.1, 0.15) is 12.7 Å². The molecule has 0 spiro atoms. The van der Waals surface area contributed by atoms with Crippen molar-refractivity contribution in [3.63, 3.8) is 0 Å². The number of hydrogen-bond acceptors (Lipinski definition) is 6. The molecule has 1 fully saturated rings. The summed E-state index contributed by atoms with van der Waals surface area (Å²) < 4.78 is 1.55. The van der Waals surface area contributed by atoms with Crippen molar-refractivity contribution in [2.75, 3.05) is 31.1 Å². The molecule has 1 aliphatic rings. The monoisotopic (exact) mass is 369 g/mol. The maximum Gasteiger partial charge on any atom is 0.254 e. The molecule has 3 heterocycles. The molecule has 0 aliphatic carbocycles. The van der Waals surface area contributed by atoms with Crippen molar-refractivity contribution < 1.29 is 4.79 Å². The molecule has 0 radical (unpaired) electrons. The van der Waals surface area contributed by atoms with Crippen molar-refractivity contribution in [1.82, 2.24) is 29.9 Å². The van der Waals surface area contributed by atoms with E-state index >= 15 is 0 Å². The summed E-state index contributed by atoms with van der Waals surface area (Å²) in [6.07, 6.45) is 3.02. The van der Waals surface area contributed by atoms with Crippen molar-refractivity contribution in [3.05, 3.63) is 59.6 Å². The molecule has 3 aromatic rings. The fraction of sp³-hybridized carbons (Fsp3) is 0.235. The topological polar surface area (TPSA) is 80.0 Å². The van der Waals surface area contributed by atoms with E-state index in [2.05, 4.69) is 25.2 Å². The molecule has 0 N–H and O–H groups in total. The smallest absolute Gasteiger partial charge is 0.254 e. The van der Waals surface area contributed by atoms with Crippen molar-refractivity contribution in [1.29, 1.82) is 0 Å². The minimum Gasteiger partial charge on any atom is -0.352 e. The van der Waals surface area contributed by atoms with Crippen LogP contribution >= 0.6 is 11.6 Å². The van der Waals surface area contributed by atoms with Crippen LogP contribution in [0.15, 0.2) is 49.1 Å². The zero-order valence-corrected chi connectivity index (χ0v) is 14.6. The van der Waals surface area contributed by atoms with Gasteiger partial charge in [0, 0.05) is 36.8 Å². The van der Waals surface area contributed by atoms with E-state index in [0.29, 0.717) is 42.6 Å². The number of anilines is 1. The number of nitrogens with zero attached hydrogens (tertiary/aromatic N) is 7. The molecule has 4 rings (SSSR count). The lowest BCUT2D eigenvalue weighted by Gasteiger charge is -2.35. The molecule has 2 aromatic heterocycles. The Balaban J connectivity index is 1.39.